The highest BCUT2D eigenvalue weighted by Crippen LogP contribution is 2.24. The van der Waals surface area contributed by atoms with Crippen molar-refractivity contribution in [1.82, 2.24) is 20.0 Å². The van der Waals surface area contributed by atoms with E-state index in [-0.39, 0.29) is 6.03 Å². The molecule has 2 amide bonds. The molecule has 0 aliphatic carbocycles. The highest BCUT2D eigenvalue weighted by molar-refractivity contribution is 5.74. The monoisotopic (exact) mass is 358 g/mol. The van der Waals surface area contributed by atoms with Gasteiger partial charge in [-0.15, -0.1) is 0 Å². The molecule has 3 rings (SSSR count). The van der Waals surface area contributed by atoms with Gasteiger partial charge in [0.15, 0.2) is 0 Å². The average molecular weight is 358 g/mol. The molecule has 7 heteroatoms. The van der Waals surface area contributed by atoms with Crippen molar-refractivity contribution in [1.29, 1.82) is 0 Å². The number of rotatable bonds is 6. The number of aryl methyl sites for hydroxylation is 1. The lowest BCUT2D eigenvalue weighted by Crippen LogP contribution is -2.40. The molecule has 140 valence electrons. The fourth-order valence-corrected chi connectivity index (χ4v) is 3.04. The number of nitrogens with zero attached hydrogens (tertiary/aromatic N) is 3. The lowest BCUT2D eigenvalue weighted by molar-refractivity contribution is 0.178. The van der Waals surface area contributed by atoms with Crippen molar-refractivity contribution in [2.75, 3.05) is 33.4 Å². The molecule has 0 unspecified atom stereocenters. The van der Waals surface area contributed by atoms with Crippen LogP contribution in [0.4, 0.5) is 4.79 Å². The Kier molecular flexibility index (Phi) is 6.12. The molecule has 0 saturated carbocycles. The van der Waals surface area contributed by atoms with Crippen molar-refractivity contribution >= 4 is 6.03 Å². The summed E-state index contributed by atoms with van der Waals surface area (Å²) in [5, 5.41) is 7.61. The second kappa shape index (κ2) is 8.71. The number of nitrogens with one attached hydrogen (secondary N) is 1. The van der Waals surface area contributed by atoms with Gasteiger partial charge in [0, 0.05) is 32.3 Å². The van der Waals surface area contributed by atoms with Crippen LogP contribution in [-0.2, 0) is 17.8 Å². The van der Waals surface area contributed by atoms with Crippen molar-refractivity contribution in [2.24, 2.45) is 0 Å². The van der Waals surface area contributed by atoms with Gasteiger partial charge in [-0.3, -0.25) is 4.68 Å². The lowest BCUT2D eigenvalue weighted by Gasteiger charge is -2.20. The normalized spacial score (nSPS) is 13.8. The molecule has 0 atom stereocenters. The smallest absolute Gasteiger partial charge is 0.317 e. The van der Waals surface area contributed by atoms with Gasteiger partial charge in [-0.05, 0) is 43.7 Å². The van der Waals surface area contributed by atoms with Crippen LogP contribution in [0.25, 0.3) is 11.3 Å². The van der Waals surface area contributed by atoms with E-state index in [1.807, 2.05) is 40.8 Å². The fraction of sp³-hybridized carbons (Fsp3) is 0.474. The molecule has 2 heterocycles. The van der Waals surface area contributed by atoms with Crippen molar-refractivity contribution in [3.8, 4) is 17.0 Å². The topological polar surface area (TPSA) is 68.6 Å². The Bertz CT molecular complexity index is 727. The molecule has 7 nitrogen and oxygen atoms in total. The third-order valence-electron chi connectivity index (χ3n) is 4.34. The zero-order chi connectivity index (χ0) is 18.4. The van der Waals surface area contributed by atoms with Crippen molar-refractivity contribution in [3.63, 3.8) is 0 Å². The summed E-state index contributed by atoms with van der Waals surface area (Å²) in [4.78, 5) is 14.2. The summed E-state index contributed by atoms with van der Waals surface area (Å²) in [5.41, 5.74) is 3.02. The standard InChI is InChI=1S/C19H26N4O3/c1-3-26-17-7-5-15(6-8-17)18-13-16-14-22(10-4-11-23(16)21-18)19(24)20-9-12-25-2/h5-8,13H,3-4,9-12,14H2,1-2H3,(H,20,24). The van der Waals surface area contributed by atoms with Crippen molar-refractivity contribution in [3.05, 3.63) is 36.0 Å². The predicted molar refractivity (Wildman–Crippen MR) is 99.1 cm³/mol. The number of hydrogen-bond donors (Lipinski definition) is 1. The molecule has 1 aromatic heterocycles. The largest absolute Gasteiger partial charge is 0.494 e. The molecule has 1 aromatic carbocycles. The van der Waals surface area contributed by atoms with Gasteiger partial charge in [-0.25, -0.2) is 4.79 Å². The van der Waals surface area contributed by atoms with Gasteiger partial charge in [0.2, 0.25) is 0 Å². The number of hydrogen-bond acceptors (Lipinski definition) is 4. The molecule has 0 spiro atoms. The molecular formula is C19H26N4O3. The number of urea groups is 1. The molecule has 0 fully saturated rings. The molecule has 0 bridgehead atoms. The summed E-state index contributed by atoms with van der Waals surface area (Å²) in [5.74, 6) is 0.857. The molecule has 2 aromatic rings. The lowest BCUT2D eigenvalue weighted by atomic mass is 10.1. The first kappa shape index (κ1) is 18.3. The SMILES string of the molecule is CCOc1ccc(-c2cc3n(n2)CCCN(C(=O)NCCOC)C3)cc1. The minimum absolute atomic E-state index is 0.0562. The van der Waals surface area contributed by atoms with E-state index in [9.17, 15) is 4.79 Å². The van der Waals surface area contributed by atoms with Gasteiger partial charge in [-0.2, -0.15) is 5.10 Å². The second-order valence-corrected chi connectivity index (χ2v) is 6.20. The van der Waals surface area contributed by atoms with E-state index in [0.29, 0.717) is 26.3 Å². The highest BCUT2D eigenvalue weighted by atomic mass is 16.5. The van der Waals surface area contributed by atoms with E-state index >= 15 is 0 Å². The van der Waals surface area contributed by atoms with Crippen LogP contribution < -0.4 is 10.1 Å². The average Bonchev–Trinajstić information content (AvgIpc) is 2.94. The Morgan fingerprint density at radius 3 is 2.81 bits per heavy atom. The van der Waals surface area contributed by atoms with Gasteiger partial charge in [0.1, 0.15) is 5.75 Å². The summed E-state index contributed by atoms with van der Waals surface area (Å²) in [7, 11) is 1.62. The summed E-state index contributed by atoms with van der Waals surface area (Å²) in [6.45, 7) is 5.75. The summed E-state index contributed by atoms with van der Waals surface area (Å²) in [6, 6.07) is 9.96. The first-order valence-corrected chi connectivity index (χ1v) is 9.03. The van der Waals surface area contributed by atoms with Crippen LogP contribution in [0.5, 0.6) is 5.75 Å². The quantitative estimate of drug-likeness (QED) is 0.806. The maximum absolute atomic E-state index is 12.3. The minimum Gasteiger partial charge on any atom is -0.494 e. The van der Waals surface area contributed by atoms with E-state index < -0.39 is 0 Å². The number of aromatic nitrogens is 2. The summed E-state index contributed by atoms with van der Waals surface area (Å²) in [6.07, 6.45) is 0.884. The van der Waals surface area contributed by atoms with Crippen LogP contribution in [0.15, 0.2) is 30.3 Å². The second-order valence-electron chi connectivity index (χ2n) is 6.20. The van der Waals surface area contributed by atoms with Crippen LogP contribution in [0.3, 0.4) is 0 Å². The zero-order valence-corrected chi connectivity index (χ0v) is 15.4. The number of amides is 2. The zero-order valence-electron chi connectivity index (χ0n) is 15.4. The first-order chi connectivity index (χ1) is 12.7. The number of ether oxygens (including phenoxy) is 2. The summed E-state index contributed by atoms with van der Waals surface area (Å²) < 4.78 is 12.5. The molecule has 0 radical (unpaired) electrons. The molecule has 0 saturated heterocycles. The van der Waals surface area contributed by atoms with E-state index in [1.54, 1.807) is 7.11 Å². The third kappa shape index (κ3) is 4.35. The van der Waals surface area contributed by atoms with Crippen molar-refractivity contribution < 1.29 is 14.3 Å². The number of fused-ring (bicyclic) bond motifs is 1. The number of carbonyl (C=O) groups is 1. The Labute approximate surface area is 153 Å². The molecule has 1 aliphatic rings. The number of benzene rings is 1. The van der Waals surface area contributed by atoms with Crippen molar-refractivity contribution in [2.45, 2.75) is 26.4 Å². The highest BCUT2D eigenvalue weighted by Gasteiger charge is 2.20. The molecular weight excluding hydrogens is 332 g/mol. The fourth-order valence-electron chi connectivity index (χ4n) is 3.04. The van der Waals surface area contributed by atoms with E-state index in [1.165, 1.54) is 0 Å². The van der Waals surface area contributed by atoms with Gasteiger partial charge >= 0.3 is 6.03 Å². The predicted octanol–water partition coefficient (Wildman–Crippen LogP) is 2.51. The summed E-state index contributed by atoms with van der Waals surface area (Å²) >= 11 is 0. The van der Waals surface area contributed by atoms with E-state index in [2.05, 4.69) is 11.4 Å². The van der Waals surface area contributed by atoms with Gasteiger partial charge in [0.25, 0.3) is 0 Å². The Morgan fingerprint density at radius 1 is 1.27 bits per heavy atom. The van der Waals surface area contributed by atoms with Gasteiger partial charge in [0.05, 0.1) is 31.1 Å². The van der Waals surface area contributed by atoms with Crippen LogP contribution in [0.2, 0.25) is 0 Å². The Balaban J connectivity index is 1.71. The van der Waals surface area contributed by atoms with Crippen LogP contribution >= 0.6 is 0 Å². The van der Waals surface area contributed by atoms with E-state index in [0.717, 1.165) is 42.2 Å². The molecule has 1 N–H and O–H groups in total. The first-order valence-electron chi connectivity index (χ1n) is 9.03. The van der Waals surface area contributed by atoms with Gasteiger partial charge in [-0.1, -0.05) is 0 Å². The third-order valence-corrected chi connectivity index (χ3v) is 4.34. The van der Waals surface area contributed by atoms with Crippen LogP contribution in [0.1, 0.15) is 19.0 Å². The maximum atomic E-state index is 12.3. The Hall–Kier alpha value is -2.54. The van der Waals surface area contributed by atoms with E-state index in [4.69, 9.17) is 14.6 Å². The molecule has 26 heavy (non-hydrogen) atoms. The van der Waals surface area contributed by atoms with Gasteiger partial charge < -0.3 is 19.7 Å². The Morgan fingerprint density at radius 2 is 2.08 bits per heavy atom. The minimum atomic E-state index is -0.0562. The molecule has 1 aliphatic heterocycles. The number of methoxy groups -OCH3 is 1. The van der Waals surface area contributed by atoms with Crippen LogP contribution in [-0.4, -0.2) is 54.1 Å². The van der Waals surface area contributed by atoms with Crippen LogP contribution in [0, 0.1) is 0 Å². The number of carbonyl (C=O) groups excluding carboxylic acids is 1. The maximum Gasteiger partial charge on any atom is 0.317 e.